The van der Waals surface area contributed by atoms with Crippen LogP contribution in [0.1, 0.15) is 30.7 Å². The third kappa shape index (κ3) is 3.78. The van der Waals surface area contributed by atoms with Gasteiger partial charge in [-0.25, -0.2) is 0 Å². The lowest BCUT2D eigenvalue weighted by Crippen LogP contribution is -2.39. The molecule has 1 N–H and O–H groups in total. The number of carbonyl (C=O) groups is 1. The van der Waals surface area contributed by atoms with Crippen LogP contribution in [0.3, 0.4) is 0 Å². The fourth-order valence-corrected chi connectivity index (χ4v) is 2.23. The zero-order valence-corrected chi connectivity index (χ0v) is 11.5. The molecule has 1 fully saturated rings. The number of aromatic amines is 1. The molecule has 2 heterocycles. The van der Waals surface area contributed by atoms with Gasteiger partial charge in [0.25, 0.3) is 5.91 Å². The van der Waals surface area contributed by atoms with Crippen LogP contribution in [0.4, 0.5) is 0 Å². The molecule has 6 nitrogen and oxygen atoms in total. The molecule has 1 aromatic rings. The fourth-order valence-electron chi connectivity index (χ4n) is 2.23. The topological polar surface area (TPSA) is 67.4 Å². The Labute approximate surface area is 113 Å². The van der Waals surface area contributed by atoms with E-state index in [1.165, 1.54) is 0 Å². The number of nitrogens with zero attached hydrogens (tertiary/aromatic N) is 2. The normalized spacial score (nSPS) is 19.4. The van der Waals surface area contributed by atoms with Crippen LogP contribution < -0.4 is 0 Å². The van der Waals surface area contributed by atoms with Crippen molar-refractivity contribution in [1.29, 1.82) is 0 Å². The van der Waals surface area contributed by atoms with Gasteiger partial charge < -0.3 is 14.4 Å². The first kappa shape index (κ1) is 14.0. The SMILES string of the molecule is COCc1cc(CN(C)C(=O)[C@H]2CCCCO2)[nH]n1. The van der Waals surface area contributed by atoms with Gasteiger partial charge in [0.1, 0.15) is 6.10 Å². The van der Waals surface area contributed by atoms with Gasteiger partial charge in [-0.05, 0) is 25.3 Å². The highest BCUT2D eigenvalue weighted by molar-refractivity contribution is 5.80. The van der Waals surface area contributed by atoms with Crippen LogP contribution in [0.5, 0.6) is 0 Å². The van der Waals surface area contributed by atoms with Gasteiger partial charge in [0.2, 0.25) is 0 Å². The van der Waals surface area contributed by atoms with Crippen molar-refractivity contribution in [1.82, 2.24) is 15.1 Å². The summed E-state index contributed by atoms with van der Waals surface area (Å²) in [5, 5.41) is 7.03. The Balaban J connectivity index is 1.88. The molecule has 1 aliphatic rings. The number of nitrogens with one attached hydrogen (secondary N) is 1. The Morgan fingerprint density at radius 1 is 1.63 bits per heavy atom. The van der Waals surface area contributed by atoms with Crippen molar-refractivity contribution >= 4 is 5.91 Å². The lowest BCUT2D eigenvalue weighted by atomic mass is 10.1. The van der Waals surface area contributed by atoms with Gasteiger partial charge in [-0.2, -0.15) is 5.10 Å². The van der Waals surface area contributed by atoms with Gasteiger partial charge >= 0.3 is 0 Å². The number of methoxy groups -OCH3 is 1. The van der Waals surface area contributed by atoms with Crippen molar-refractivity contribution in [3.05, 3.63) is 17.5 Å². The standard InChI is InChI=1S/C13H21N3O3/c1-16(13(17)12-5-3-4-6-19-12)8-10-7-11(9-18-2)15-14-10/h7,12H,3-6,8-9H2,1-2H3,(H,14,15)/t12-/m1/s1. The van der Waals surface area contributed by atoms with E-state index in [2.05, 4.69) is 10.2 Å². The number of hydrogen-bond acceptors (Lipinski definition) is 4. The van der Waals surface area contributed by atoms with Crippen molar-refractivity contribution in [3.63, 3.8) is 0 Å². The monoisotopic (exact) mass is 267 g/mol. The molecule has 2 rings (SSSR count). The second-order valence-corrected chi connectivity index (χ2v) is 4.87. The Bertz CT molecular complexity index is 413. The molecule has 1 saturated heterocycles. The molecular weight excluding hydrogens is 246 g/mol. The Morgan fingerprint density at radius 2 is 2.47 bits per heavy atom. The molecule has 106 valence electrons. The summed E-state index contributed by atoms with van der Waals surface area (Å²) in [5.41, 5.74) is 1.74. The van der Waals surface area contributed by atoms with Gasteiger partial charge in [0, 0.05) is 20.8 Å². The third-order valence-electron chi connectivity index (χ3n) is 3.22. The molecular formula is C13H21N3O3. The Hall–Kier alpha value is -1.40. The highest BCUT2D eigenvalue weighted by atomic mass is 16.5. The molecule has 19 heavy (non-hydrogen) atoms. The average molecular weight is 267 g/mol. The first-order chi connectivity index (χ1) is 9.20. The Morgan fingerprint density at radius 3 is 3.16 bits per heavy atom. The van der Waals surface area contributed by atoms with Crippen LogP contribution in [0, 0.1) is 0 Å². The lowest BCUT2D eigenvalue weighted by Gasteiger charge is -2.26. The number of ether oxygens (including phenoxy) is 2. The second-order valence-electron chi connectivity index (χ2n) is 4.87. The minimum atomic E-state index is -0.278. The van der Waals surface area contributed by atoms with Crippen LogP contribution in [-0.2, 0) is 27.4 Å². The molecule has 0 radical (unpaired) electrons. The van der Waals surface area contributed by atoms with Crippen molar-refractivity contribution in [2.75, 3.05) is 20.8 Å². The highest BCUT2D eigenvalue weighted by Crippen LogP contribution is 2.15. The highest BCUT2D eigenvalue weighted by Gasteiger charge is 2.25. The van der Waals surface area contributed by atoms with Crippen LogP contribution in [-0.4, -0.2) is 47.9 Å². The second kappa shape index (κ2) is 6.68. The van der Waals surface area contributed by atoms with E-state index in [1.807, 2.05) is 6.07 Å². The number of rotatable bonds is 5. The number of likely N-dealkylation sites (N-methyl/N-ethyl adjacent to an activating group) is 1. The first-order valence-corrected chi connectivity index (χ1v) is 6.59. The molecule has 1 atom stereocenters. The van der Waals surface area contributed by atoms with Crippen LogP contribution in [0.15, 0.2) is 6.07 Å². The van der Waals surface area contributed by atoms with Crippen LogP contribution >= 0.6 is 0 Å². The summed E-state index contributed by atoms with van der Waals surface area (Å²) in [6.07, 6.45) is 2.65. The predicted molar refractivity (Wildman–Crippen MR) is 69.4 cm³/mol. The maximum atomic E-state index is 12.2. The Kier molecular flexibility index (Phi) is 4.93. The van der Waals surface area contributed by atoms with Crippen LogP contribution in [0.25, 0.3) is 0 Å². The smallest absolute Gasteiger partial charge is 0.251 e. The summed E-state index contributed by atoms with van der Waals surface area (Å²) in [6, 6.07) is 1.91. The van der Waals surface area contributed by atoms with Crippen molar-refractivity contribution < 1.29 is 14.3 Å². The van der Waals surface area contributed by atoms with Gasteiger partial charge in [-0.1, -0.05) is 0 Å². The maximum absolute atomic E-state index is 12.2. The van der Waals surface area contributed by atoms with E-state index >= 15 is 0 Å². The van der Waals surface area contributed by atoms with Gasteiger partial charge in [-0.3, -0.25) is 9.89 Å². The van der Waals surface area contributed by atoms with Gasteiger partial charge in [-0.15, -0.1) is 0 Å². The van der Waals surface area contributed by atoms with Crippen molar-refractivity contribution in [3.8, 4) is 0 Å². The van der Waals surface area contributed by atoms with Crippen molar-refractivity contribution in [2.45, 2.75) is 38.5 Å². The van der Waals surface area contributed by atoms with Crippen LogP contribution in [0.2, 0.25) is 0 Å². The quantitative estimate of drug-likeness (QED) is 0.867. The summed E-state index contributed by atoms with van der Waals surface area (Å²) in [4.78, 5) is 13.9. The predicted octanol–water partition coefficient (Wildman–Crippen LogP) is 1.08. The number of H-pyrrole nitrogens is 1. The number of amides is 1. The molecule has 0 bridgehead atoms. The van der Waals surface area contributed by atoms with E-state index in [1.54, 1.807) is 19.1 Å². The number of aromatic nitrogens is 2. The van der Waals surface area contributed by atoms with E-state index in [4.69, 9.17) is 9.47 Å². The largest absolute Gasteiger partial charge is 0.378 e. The molecule has 0 aromatic carbocycles. The third-order valence-corrected chi connectivity index (χ3v) is 3.22. The van der Waals surface area contributed by atoms with E-state index in [9.17, 15) is 4.79 Å². The summed E-state index contributed by atoms with van der Waals surface area (Å²) in [6.45, 7) is 1.67. The summed E-state index contributed by atoms with van der Waals surface area (Å²) in [5.74, 6) is 0.0441. The summed E-state index contributed by atoms with van der Waals surface area (Å²) >= 11 is 0. The number of carbonyl (C=O) groups excluding carboxylic acids is 1. The first-order valence-electron chi connectivity index (χ1n) is 6.59. The van der Waals surface area contributed by atoms with E-state index in [-0.39, 0.29) is 12.0 Å². The molecule has 1 aliphatic heterocycles. The number of hydrogen-bond donors (Lipinski definition) is 1. The van der Waals surface area contributed by atoms with Crippen molar-refractivity contribution in [2.24, 2.45) is 0 Å². The molecule has 0 aliphatic carbocycles. The van der Waals surface area contributed by atoms with E-state index in [0.717, 1.165) is 30.7 Å². The minimum Gasteiger partial charge on any atom is -0.378 e. The lowest BCUT2D eigenvalue weighted by molar-refractivity contribution is -0.145. The fraction of sp³-hybridized carbons (Fsp3) is 0.692. The van der Waals surface area contributed by atoms with Gasteiger partial charge in [0.15, 0.2) is 0 Å². The molecule has 1 aromatic heterocycles. The molecule has 0 unspecified atom stereocenters. The molecule has 6 heteroatoms. The minimum absolute atomic E-state index is 0.0441. The maximum Gasteiger partial charge on any atom is 0.251 e. The molecule has 0 saturated carbocycles. The molecule has 1 amide bonds. The zero-order valence-electron chi connectivity index (χ0n) is 11.5. The van der Waals surface area contributed by atoms with E-state index < -0.39 is 0 Å². The van der Waals surface area contributed by atoms with Gasteiger partial charge in [0.05, 0.1) is 24.5 Å². The summed E-state index contributed by atoms with van der Waals surface area (Å²) in [7, 11) is 3.42. The molecule has 0 spiro atoms. The van der Waals surface area contributed by atoms with E-state index in [0.29, 0.717) is 19.8 Å². The average Bonchev–Trinajstić information content (AvgIpc) is 2.86. The zero-order chi connectivity index (χ0) is 13.7. The summed E-state index contributed by atoms with van der Waals surface area (Å²) < 4.78 is 10.5.